The van der Waals surface area contributed by atoms with Gasteiger partial charge in [0.1, 0.15) is 5.82 Å². The summed E-state index contributed by atoms with van der Waals surface area (Å²) in [6.45, 7) is 0.285. The molecule has 1 nitrogen and oxygen atoms in total. The van der Waals surface area contributed by atoms with Gasteiger partial charge in [-0.05, 0) is 23.3 Å². The Morgan fingerprint density at radius 3 is 2.60 bits per heavy atom. The Hall–Kier alpha value is -1.76. The molecule has 0 saturated carbocycles. The van der Waals surface area contributed by atoms with E-state index in [4.69, 9.17) is 5.73 Å². The summed E-state index contributed by atoms with van der Waals surface area (Å²) in [5.74, 6) is 7.20. The molecule has 0 atom stereocenters. The highest BCUT2D eigenvalue weighted by Crippen LogP contribution is 2.20. The van der Waals surface area contributed by atoms with Crippen LogP contribution in [0, 0.1) is 17.7 Å². The number of thioether (sulfide) groups is 1. The highest BCUT2D eigenvalue weighted by molar-refractivity contribution is 7.97. The van der Waals surface area contributed by atoms with Gasteiger partial charge >= 0.3 is 0 Å². The highest BCUT2D eigenvalue weighted by atomic mass is 32.2. The maximum Gasteiger partial charge on any atom is 0.124 e. The van der Waals surface area contributed by atoms with Gasteiger partial charge in [0.2, 0.25) is 0 Å². The molecule has 20 heavy (non-hydrogen) atoms. The predicted molar refractivity (Wildman–Crippen MR) is 83.8 cm³/mol. The highest BCUT2D eigenvalue weighted by Gasteiger charge is 2.03. The largest absolute Gasteiger partial charge is 0.320 e. The maximum atomic E-state index is 13.3. The van der Waals surface area contributed by atoms with Crippen LogP contribution in [0.4, 0.5) is 4.39 Å². The number of hydrogen-bond acceptors (Lipinski definition) is 2. The van der Waals surface area contributed by atoms with Gasteiger partial charge in [-0.2, -0.15) is 11.8 Å². The van der Waals surface area contributed by atoms with Gasteiger partial charge in [0.15, 0.2) is 0 Å². The monoisotopic (exact) mass is 285 g/mol. The number of hydrogen-bond donors (Lipinski definition) is 1. The van der Waals surface area contributed by atoms with Crippen molar-refractivity contribution >= 4 is 11.8 Å². The van der Waals surface area contributed by atoms with Crippen LogP contribution in [0.3, 0.4) is 0 Å². The normalized spacial score (nSPS) is 9.90. The molecule has 3 heteroatoms. The average Bonchev–Trinajstić information content (AvgIpc) is 2.48. The molecule has 0 spiro atoms. The molecule has 0 bridgehead atoms. The molecule has 0 heterocycles. The SMILES string of the molecule is NCC#Cc1cc(F)ccc1CSCc1ccccc1. The lowest BCUT2D eigenvalue weighted by Crippen LogP contribution is -1.95. The predicted octanol–water partition coefficient (Wildman–Crippen LogP) is 3.57. The summed E-state index contributed by atoms with van der Waals surface area (Å²) in [6, 6.07) is 15.0. The van der Waals surface area contributed by atoms with Crippen LogP contribution in [0.15, 0.2) is 48.5 Å². The fourth-order valence-corrected chi connectivity index (χ4v) is 2.79. The van der Waals surface area contributed by atoms with Crippen molar-refractivity contribution in [1.82, 2.24) is 0 Å². The first-order valence-electron chi connectivity index (χ1n) is 6.38. The van der Waals surface area contributed by atoms with Gasteiger partial charge in [-0.15, -0.1) is 0 Å². The van der Waals surface area contributed by atoms with Gasteiger partial charge in [-0.25, -0.2) is 4.39 Å². The quantitative estimate of drug-likeness (QED) is 0.869. The summed E-state index contributed by atoms with van der Waals surface area (Å²) in [4.78, 5) is 0. The van der Waals surface area contributed by atoms with Crippen LogP contribution in [0.5, 0.6) is 0 Å². The zero-order valence-electron chi connectivity index (χ0n) is 11.1. The van der Waals surface area contributed by atoms with Crippen molar-refractivity contribution in [2.75, 3.05) is 6.54 Å². The molecule has 102 valence electrons. The van der Waals surface area contributed by atoms with Gasteiger partial charge in [-0.1, -0.05) is 48.2 Å². The summed E-state index contributed by atoms with van der Waals surface area (Å²) >= 11 is 1.79. The summed E-state index contributed by atoms with van der Waals surface area (Å²) in [6.07, 6.45) is 0. The fraction of sp³-hybridized carbons (Fsp3) is 0.176. The first-order valence-corrected chi connectivity index (χ1v) is 7.54. The van der Waals surface area contributed by atoms with Crippen LogP contribution in [0.1, 0.15) is 16.7 Å². The third-order valence-corrected chi connectivity index (χ3v) is 3.82. The molecule has 2 N–H and O–H groups in total. The Morgan fingerprint density at radius 1 is 1.05 bits per heavy atom. The van der Waals surface area contributed by atoms with E-state index < -0.39 is 0 Å². The lowest BCUT2D eigenvalue weighted by molar-refractivity contribution is 0.627. The van der Waals surface area contributed by atoms with Gasteiger partial charge in [0, 0.05) is 17.1 Å². The van der Waals surface area contributed by atoms with Crippen LogP contribution in [0.2, 0.25) is 0 Å². The second-order valence-electron chi connectivity index (χ2n) is 4.29. The Morgan fingerprint density at radius 2 is 1.85 bits per heavy atom. The molecule has 2 rings (SSSR count). The van der Waals surface area contributed by atoms with Crippen LogP contribution in [0.25, 0.3) is 0 Å². The van der Waals surface area contributed by atoms with Gasteiger partial charge < -0.3 is 5.73 Å². The van der Waals surface area contributed by atoms with Crippen molar-refractivity contribution < 1.29 is 4.39 Å². The molecule has 0 radical (unpaired) electrons. The van der Waals surface area contributed by atoms with E-state index >= 15 is 0 Å². The van der Waals surface area contributed by atoms with Gasteiger partial charge in [0.25, 0.3) is 0 Å². The van der Waals surface area contributed by atoms with Gasteiger partial charge in [-0.3, -0.25) is 0 Å². The summed E-state index contributed by atoms with van der Waals surface area (Å²) < 4.78 is 13.3. The molecule has 0 unspecified atom stereocenters. The molecular weight excluding hydrogens is 269 g/mol. The third kappa shape index (κ3) is 4.41. The zero-order chi connectivity index (χ0) is 14.2. The molecule has 0 amide bonds. The van der Waals surface area contributed by atoms with Crippen molar-refractivity contribution in [3.63, 3.8) is 0 Å². The van der Waals surface area contributed by atoms with E-state index in [0.29, 0.717) is 0 Å². The van der Waals surface area contributed by atoms with Crippen molar-refractivity contribution in [2.24, 2.45) is 5.73 Å². The average molecular weight is 285 g/mol. The minimum atomic E-state index is -0.261. The number of rotatable bonds is 4. The van der Waals surface area contributed by atoms with E-state index in [1.54, 1.807) is 17.8 Å². The molecule has 2 aromatic rings. The number of benzene rings is 2. The third-order valence-electron chi connectivity index (χ3n) is 2.77. The van der Waals surface area contributed by atoms with Gasteiger partial charge in [0.05, 0.1) is 6.54 Å². The fourth-order valence-electron chi connectivity index (χ4n) is 1.79. The van der Waals surface area contributed by atoms with Crippen molar-refractivity contribution in [3.05, 3.63) is 71.0 Å². The number of halogens is 1. The topological polar surface area (TPSA) is 26.0 Å². The van der Waals surface area contributed by atoms with Crippen molar-refractivity contribution in [2.45, 2.75) is 11.5 Å². The van der Waals surface area contributed by atoms with E-state index in [2.05, 4.69) is 24.0 Å². The van der Waals surface area contributed by atoms with Crippen LogP contribution >= 0.6 is 11.8 Å². The number of nitrogens with two attached hydrogens (primary N) is 1. The molecular formula is C17H16FNS. The van der Waals surface area contributed by atoms with Crippen molar-refractivity contribution in [3.8, 4) is 11.8 Å². The lowest BCUT2D eigenvalue weighted by Gasteiger charge is -2.05. The summed E-state index contributed by atoms with van der Waals surface area (Å²) in [7, 11) is 0. The van der Waals surface area contributed by atoms with E-state index in [1.807, 2.05) is 18.2 Å². The van der Waals surface area contributed by atoms with Crippen LogP contribution in [-0.2, 0) is 11.5 Å². The molecule has 2 aromatic carbocycles. The molecule has 0 fully saturated rings. The van der Waals surface area contributed by atoms with Crippen molar-refractivity contribution in [1.29, 1.82) is 0 Å². The zero-order valence-corrected chi connectivity index (χ0v) is 11.9. The minimum Gasteiger partial charge on any atom is -0.320 e. The molecule has 0 aliphatic heterocycles. The Bertz CT molecular complexity index is 614. The summed E-state index contributed by atoms with van der Waals surface area (Å²) in [5.41, 5.74) is 8.44. The Balaban J connectivity index is 2.02. The second-order valence-corrected chi connectivity index (χ2v) is 5.27. The molecule has 0 aliphatic carbocycles. The van der Waals surface area contributed by atoms with Crippen LogP contribution in [-0.4, -0.2) is 6.54 Å². The molecule has 0 aromatic heterocycles. The van der Waals surface area contributed by atoms with E-state index in [0.717, 1.165) is 22.6 Å². The van der Waals surface area contributed by atoms with Crippen LogP contribution < -0.4 is 5.73 Å². The maximum absolute atomic E-state index is 13.3. The summed E-state index contributed by atoms with van der Waals surface area (Å²) in [5, 5.41) is 0. The minimum absolute atomic E-state index is 0.261. The smallest absolute Gasteiger partial charge is 0.124 e. The first-order chi connectivity index (χ1) is 9.79. The Labute approximate surface area is 123 Å². The second kappa shape index (κ2) is 7.74. The lowest BCUT2D eigenvalue weighted by atomic mass is 10.1. The first kappa shape index (κ1) is 14.6. The van der Waals surface area contributed by atoms with E-state index in [-0.39, 0.29) is 12.4 Å². The van der Waals surface area contributed by atoms with E-state index in [9.17, 15) is 4.39 Å². The molecule has 0 saturated heterocycles. The standard InChI is InChI=1S/C17H16FNS/c18-17-9-8-16(15(11-17)7-4-10-19)13-20-12-14-5-2-1-3-6-14/h1-3,5-6,8-9,11H,10,12-13,19H2. The van der Waals surface area contributed by atoms with E-state index in [1.165, 1.54) is 17.7 Å². The Kier molecular flexibility index (Phi) is 5.67. The molecule has 0 aliphatic rings.